The number of carboxylic acid groups (broad SMARTS) is 1. The first-order valence-corrected chi connectivity index (χ1v) is 7.44. The summed E-state index contributed by atoms with van der Waals surface area (Å²) in [5.41, 5.74) is 1.23. The third-order valence-electron chi connectivity index (χ3n) is 2.85. The van der Waals surface area contributed by atoms with E-state index >= 15 is 0 Å². The average Bonchev–Trinajstić information content (AvgIpc) is 2.91. The minimum absolute atomic E-state index is 0.382. The molecule has 0 atom stereocenters. The van der Waals surface area contributed by atoms with Crippen molar-refractivity contribution in [2.45, 2.75) is 26.4 Å². The van der Waals surface area contributed by atoms with Crippen molar-refractivity contribution in [2.24, 2.45) is 0 Å². The lowest BCUT2D eigenvalue weighted by Gasteiger charge is -2.08. The summed E-state index contributed by atoms with van der Waals surface area (Å²) >= 11 is 1.42. The molecule has 0 saturated carbocycles. The van der Waals surface area contributed by atoms with Crippen LogP contribution in [-0.2, 0) is 11.4 Å². The van der Waals surface area contributed by atoms with Crippen molar-refractivity contribution in [3.8, 4) is 5.75 Å². The molecule has 0 aliphatic heterocycles. The number of carbonyl (C=O) groups is 1. The highest BCUT2D eigenvalue weighted by molar-refractivity contribution is 7.12. The molecule has 110 valence electrons. The molecule has 4 nitrogen and oxygen atoms in total. The van der Waals surface area contributed by atoms with Crippen molar-refractivity contribution in [3.05, 3.63) is 52.0 Å². The van der Waals surface area contributed by atoms with Gasteiger partial charge in [-0.25, -0.2) is 9.78 Å². The Balaban J connectivity index is 1.97. The summed E-state index contributed by atoms with van der Waals surface area (Å²) in [7, 11) is 0. The summed E-state index contributed by atoms with van der Waals surface area (Å²) in [6.07, 6.45) is 4.28. The van der Waals surface area contributed by atoms with Crippen LogP contribution < -0.4 is 4.74 Å². The van der Waals surface area contributed by atoms with Gasteiger partial charge in [0.25, 0.3) is 0 Å². The van der Waals surface area contributed by atoms with Crippen molar-refractivity contribution in [1.82, 2.24) is 4.98 Å². The second-order valence-corrected chi connectivity index (χ2v) is 5.99. The van der Waals surface area contributed by atoms with Gasteiger partial charge in [-0.05, 0) is 29.7 Å². The Labute approximate surface area is 127 Å². The predicted molar refractivity (Wildman–Crippen MR) is 83.6 cm³/mol. The van der Waals surface area contributed by atoms with Crippen LogP contribution in [0.4, 0.5) is 0 Å². The number of aromatic nitrogens is 1. The van der Waals surface area contributed by atoms with Gasteiger partial charge in [0.2, 0.25) is 0 Å². The van der Waals surface area contributed by atoms with Crippen LogP contribution in [-0.4, -0.2) is 16.1 Å². The van der Waals surface area contributed by atoms with Crippen LogP contribution >= 0.6 is 11.3 Å². The first-order chi connectivity index (χ1) is 10.0. The number of rotatable bonds is 6. The van der Waals surface area contributed by atoms with Gasteiger partial charge in [-0.2, -0.15) is 0 Å². The van der Waals surface area contributed by atoms with Crippen LogP contribution in [0, 0.1) is 0 Å². The molecule has 1 aromatic heterocycles. The summed E-state index contributed by atoms with van der Waals surface area (Å²) in [5.74, 6) is 0.312. The SMILES string of the molecule is CC(C)c1cccc(OCc2ncc(/C=C/C(=O)O)s2)c1. The first-order valence-electron chi connectivity index (χ1n) is 6.63. The molecule has 1 aromatic carbocycles. The van der Waals surface area contributed by atoms with Gasteiger partial charge >= 0.3 is 5.97 Å². The van der Waals surface area contributed by atoms with E-state index in [1.165, 1.54) is 23.0 Å². The van der Waals surface area contributed by atoms with Gasteiger partial charge in [0, 0.05) is 17.2 Å². The zero-order valence-electron chi connectivity index (χ0n) is 11.9. The quantitative estimate of drug-likeness (QED) is 0.821. The molecule has 0 bridgehead atoms. The van der Waals surface area contributed by atoms with Gasteiger partial charge in [0.1, 0.15) is 17.4 Å². The molecule has 0 amide bonds. The van der Waals surface area contributed by atoms with Gasteiger partial charge in [-0.1, -0.05) is 26.0 Å². The Morgan fingerprint density at radius 3 is 3.00 bits per heavy atom. The maximum Gasteiger partial charge on any atom is 0.328 e. The summed E-state index contributed by atoms with van der Waals surface area (Å²) in [6.45, 7) is 4.66. The fourth-order valence-electron chi connectivity index (χ4n) is 1.73. The molecule has 1 heterocycles. The van der Waals surface area contributed by atoms with E-state index in [9.17, 15) is 4.79 Å². The number of hydrogen-bond acceptors (Lipinski definition) is 4. The third-order valence-corrected chi connectivity index (χ3v) is 3.78. The summed E-state index contributed by atoms with van der Waals surface area (Å²) in [4.78, 5) is 15.5. The smallest absolute Gasteiger partial charge is 0.328 e. The molecule has 1 N–H and O–H groups in total. The van der Waals surface area contributed by atoms with E-state index in [2.05, 4.69) is 24.9 Å². The first kappa shape index (κ1) is 15.3. The molecule has 0 spiro atoms. The highest BCUT2D eigenvalue weighted by atomic mass is 32.1. The summed E-state index contributed by atoms with van der Waals surface area (Å²) in [6, 6.07) is 8.01. The van der Waals surface area contributed by atoms with Gasteiger partial charge in [-0.15, -0.1) is 11.3 Å². The maximum atomic E-state index is 10.4. The third kappa shape index (κ3) is 4.72. The highest BCUT2D eigenvalue weighted by Crippen LogP contribution is 2.22. The van der Waals surface area contributed by atoms with E-state index in [4.69, 9.17) is 9.84 Å². The Bertz CT molecular complexity index is 646. The molecule has 2 rings (SSSR count). The van der Waals surface area contributed by atoms with Gasteiger partial charge in [0.05, 0.1) is 0 Å². The topological polar surface area (TPSA) is 59.4 Å². The molecular weight excluding hydrogens is 286 g/mol. The molecular formula is C16H17NO3S. The largest absolute Gasteiger partial charge is 0.486 e. The average molecular weight is 303 g/mol. The second-order valence-electron chi connectivity index (χ2n) is 4.84. The molecule has 0 unspecified atom stereocenters. The van der Waals surface area contributed by atoms with E-state index in [1.807, 2.05) is 18.2 Å². The fourth-order valence-corrected chi connectivity index (χ4v) is 2.47. The van der Waals surface area contributed by atoms with Crippen molar-refractivity contribution in [1.29, 1.82) is 0 Å². The van der Waals surface area contributed by atoms with Crippen LogP contribution in [0.15, 0.2) is 36.5 Å². The number of aliphatic carboxylic acids is 1. The minimum atomic E-state index is -0.966. The number of thiazole rings is 1. The Kier molecular flexibility index (Phi) is 5.11. The minimum Gasteiger partial charge on any atom is -0.486 e. The molecule has 0 aliphatic carbocycles. The van der Waals surface area contributed by atoms with E-state index < -0.39 is 5.97 Å². The number of ether oxygens (including phenoxy) is 1. The highest BCUT2D eigenvalue weighted by Gasteiger charge is 2.04. The Morgan fingerprint density at radius 1 is 1.48 bits per heavy atom. The Morgan fingerprint density at radius 2 is 2.29 bits per heavy atom. The molecule has 5 heteroatoms. The molecule has 0 saturated heterocycles. The second kappa shape index (κ2) is 7.04. The molecule has 0 radical (unpaired) electrons. The van der Waals surface area contributed by atoms with E-state index in [0.717, 1.165) is 21.7 Å². The number of carboxylic acids is 1. The zero-order valence-corrected chi connectivity index (χ0v) is 12.8. The summed E-state index contributed by atoms with van der Waals surface area (Å²) in [5, 5.41) is 9.39. The fraction of sp³-hybridized carbons (Fsp3) is 0.250. The normalized spacial score (nSPS) is 11.2. The lowest BCUT2D eigenvalue weighted by Crippen LogP contribution is -1.95. The van der Waals surface area contributed by atoms with Crippen molar-refractivity contribution >= 4 is 23.4 Å². The van der Waals surface area contributed by atoms with E-state index in [-0.39, 0.29) is 0 Å². The van der Waals surface area contributed by atoms with Gasteiger partial charge < -0.3 is 9.84 Å². The maximum absolute atomic E-state index is 10.4. The molecule has 0 aliphatic rings. The predicted octanol–water partition coefficient (Wildman–Crippen LogP) is 3.94. The number of hydrogen-bond donors (Lipinski definition) is 1. The van der Waals surface area contributed by atoms with Crippen LogP contribution in [0.3, 0.4) is 0 Å². The summed E-state index contributed by atoms with van der Waals surface area (Å²) < 4.78 is 5.73. The van der Waals surface area contributed by atoms with Crippen LogP contribution in [0.25, 0.3) is 6.08 Å². The molecule has 2 aromatic rings. The van der Waals surface area contributed by atoms with Crippen molar-refractivity contribution in [2.75, 3.05) is 0 Å². The van der Waals surface area contributed by atoms with Crippen LogP contribution in [0.5, 0.6) is 5.75 Å². The van der Waals surface area contributed by atoms with E-state index in [0.29, 0.717) is 12.5 Å². The monoisotopic (exact) mass is 303 g/mol. The van der Waals surface area contributed by atoms with Gasteiger partial charge in [-0.3, -0.25) is 0 Å². The van der Waals surface area contributed by atoms with Crippen molar-refractivity contribution in [3.63, 3.8) is 0 Å². The lowest BCUT2D eigenvalue weighted by atomic mass is 10.0. The van der Waals surface area contributed by atoms with E-state index in [1.54, 1.807) is 6.20 Å². The Hall–Kier alpha value is -2.14. The lowest BCUT2D eigenvalue weighted by molar-refractivity contribution is -0.131. The standard InChI is InChI=1S/C16H17NO3S/c1-11(2)12-4-3-5-13(8-12)20-10-15-17-9-14(21-15)6-7-16(18)19/h3-9,11H,10H2,1-2H3,(H,18,19)/b7-6+. The number of benzene rings is 1. The molecule has 0 fully saturated rings. The van der Waals surface area contributed by atoms with Gasteiger partial charge in [0.15, 0.2) is 0 Å². The van der Waals surface area contributed by atoms with Crippen molar-refractivity contribution < 1.29 is 14.6 Å². The molecule has 21 heavy (non-hydrogen) atoms. The van der Waals surface area contributed by atoms with Crippen LogP contribution in [0.1, 0.15) is 35.2 Å². The zero-order chi connectivity index (χ0) is 15.2. The van der Waals surface area contributed by atoms with Crippen LogP contribution in [0.2, 0.25) is 0 Å². The number of nitrogens with zero attached hydrogens (tertiary/aromatic N) is 1.